The van der Waals surface area contributed by atoms with Gasteiger partial charge in [-0.05, 0) is 31.2 Å². The minimum absolute atomic E-state index is 0.348. The number of anilines is 1. The van der Waals surface area contributed by atoms with E-state index in [1.54, 1.807) is 10.7 Å². The van der Waals surface area contributed by atoms with E-state index in [9.17, 15) is 4.79 Å². The van der Waals surface area contributed by atoms with Crippen LogP contribution in [-0.2, 0) is 6.54 Å². The smallest absolute Gasteiger partial charge is 0.321 e. The molecule has 2 aromatic carbocycles. The molecule has 4 aromatic rings. The van der Waals surface area contributed by atoms with E-state index in [0.717, 1.165) is 34.0 Å². The van der Waals surface area contributed by atoms with E-state index >= 15 is 0 Å². The molecule has 0 radical (unpaired) electrons. The van der Waals surface area contributed by atoms with Crippen LogP contribution in [0.3, 0.4) is 0 Å². The van der Waals surface area contributed by atoms with Crippen LogP contribution < -0.4 is 10.6 Å². The second-order valence-electron chi connectivity index (χ2n) is 6.23. The fourth-order valence-corrected chi connectivity index (χ4v) is 3.52. The van der Waals surface area contributed by atoms with Crippen molar-refractivity contribution in [3.63, 3.8) is 0 Å². The number of rotatable bonds is 5. The summed E-state index contributed by atoms with van der Waals surface area (Å²) in [5.74, 6) is 0.482. The minimum Gasteiger partial charge on any atom is -0.334 e. The number of amides is 2. The number of halogens is 1. The Hall–Kier alpha value is -3.23. The molecule has 2 heterocycles. The molecule has 0 unspecified atom stereocenters. The Labute approximate surface area is 176 Å². The number of carbonyl (C=O) groups is 1. The summed E-state index contributed by atoms with van der Waals surface area (Å²) < 4.78 is 6.06. The lowest BCUT2D eigenvalue weighted by molar-refractivity contribution is 0.251. The van der Waals surface area contributed by atoms with Gasteiger partial charge >= 0.3 is 6.03 Å². The van der Waals surface area contributed by atoms with Crippen molar-refractivity contribution in [3.05, 3.63) is 77.1 Å². The zero-order valence-corrected chi connectivity index (χ0v) is 17.0. The highest BCUT2D eigenvalue weighted by Gasteiger charge is 2.12. The van der Waals surface area contributed by atoms with Crippen molar-refractivity contribution in [1.82, 2.24) is 24.5 Å². The maximum absolute atomic E-state index is 12.2. The zero-order valence-electron chi connectivity index (χ0n) is 15.5. The molecule has 2 aromatic heterocycles. The largest absolute Gasteiger partial charge is 0.334 e. The molecule has 0 saturated carbocycles. The molecule has 0 aliphatic carbocycles. The number of hydrogen-bond acceptors (Lipinski definition) is 5. The van der Waals surface area contributed by atoms with Crippen molar-refractivity contribution in [2.75, 3.05) is 5.32 Å². The molecule has 0 bridgehead atoms. The predicted octanol–water partition coefficient (Wildman–Crippen LogP) is 4.67. The van der Waals surface area contributed by atoms with Crippen LogP contribution in [0.2, 0.25) is 5.02 Å². The van der Waals surface area contributed by atoms with Crippen molar-refractivity contribution in [2.24, 2.45) is 0 Å². The van der Waals surface area contributed by atoms with Crippen LogP contribution in [0.5, 0.6) is 0 Å². The fourth-order valence-electron chi connectivity index (χ4n) is 2.73. The van der Waals surface area contributed by atoms with Gasteiger partial charge in [-0.1, -0.05) is 41.9 Å². The SMILES string of the molecule is Cc1nn(-c2ccccc2)cc1CNC(=O)Nc1nc(-c2ccccc2Cl)ns1. The number of aryl methyl sites for hydroxylation is 1. The Kier molecular flexibility index (Phi) is 5.55. The third-order valence-electron chi connectivity index (χ3n) is 4.22. The molecule has 0 aliphatic heterocycles. The van der Waals surface area contributed by atoms with Crippen LogP contribution in [0.25, 0.3) is 17.1 Å². The Bertz CT molecular complexity index is 1140. The first-order valence-corrected chi connectivity index (χ1v) is 9.99. The summed E-state index contributed by atoms with van der Waals surface area (Å²) >= 11 is 7.27. The number of urea groups is 1. The van der Waals surface area contributed by atoms with Crippen molar-refractivity contribution >= 4 is 34.3 Å². The molecule has 29 heavy (non-hydrogen) atoms. The number of nitrogens with one attached hydrogen (secondary N) is 2. The molecule has 7 nitrogen and oxygen atoms in total. The van der Waals surface area contributed by atoms with E-state index in [-0.39, 0.29) is 6.03 Å². The molecule has 0 fully saturated rings. The second-order valence-corrected chi connectivity index (χ2v) is 7.39. The number of para-hydroxylation sites is 1. The van der Waals surface area contributed by atoms with Gasteiger partial charge in [-0.15, -0.1) is 0 Å². The minimum atomic E-state index is -0.362. The number of carbonyl (C=O) groups excluding carboxylic acids is 1. The summed E-state index contributed by atoms with van der Waals surface area (Å²) in [6.07, 6.45) is 1.91. The first-order valence-electron chi connectivity index (χ1n) is 8.84. The monoisotopic (exact) mass is 424 g/mol. The van der Waals surface area contributed by atoms with Crippen molar-refractivity contribution in [2.45, 2.75) is 13.5 Å². The van der Waals surface area contributed by atoms with Crippen LogP contribution >= 0.6 is 23.1 Å². The van der Waals surface area contributed by atoms with Gasteiger partial charge in [0, 0.05) is 35.4 Å². The van der Waals surface area contributed by atoms with E-state index in [1.807, 2.05) is 61.7 Å². The normalized spacial score (nSPS) is 10.7. The summed E-state index contributed by atoms with van der Waals surface area (Å²) in [7, 11) is 0. The Morgan fingerprint density at radius 2 is 1.90 bits per heavy atom. The third kappa shape index (κ3) is 4.44. The van der Waals surface area contributed by atoms with Gasteiger partial charge < -0.3 is 5.32 Å². The molecule has 0 saturated heterocycles. The standard InChI is InChI=1S/C20H17ClN6OS/c1-13-14(12-27(25-13)15-7-3-2-4-8-15)11-22-19(28)24-20-23-18(26-29-20)16-9-5-6-10-17(16)21/h2-10,12H,11H2,1H3,(H2,22,23,24,26,28). The van der Waals surface area contributed by atoms with Crippen molar-refractivity contribution in [3.8, 4) is 17.1 Å². The van der Waals surface area contributed by atoms with Gasteiger partial charge in [-0.25, -0.2) is 9.48 Å². The average Bonchev–Trinajstić information content (AvgIpc) is 3.34. The number of nitrogens with zero attached hydrogens (tertiary/aromatic N) is 4. The molecule has 4 rings (SSSR count). The fraction of sp³-hybridized carbons (Fsp3) is 0.100. The molecular weight excluding hydrogens is 408 g/mol. The summed E-state index contributed by atoms with van der Waals surface area (Å²) in [4.78, 5) is 16.6. The summed E-state index contributed by atoms with van der Waals surface area (Å²) in [6.45, 7) is 2.26. The van der Waals surface area contributed by atoms with Gasteiger partial charge in [0.05, 0.1) is 16.4 Å². The highest BCUT2D eigenvalue weighted by Crippen LogP contribution is 2.27. The van der Waals surface area contributed by atoms with Gasteiger partial charge in [0.1, 0.15) is 0 Å². The van der Waals surface area contributed by atoms with Crippen molar-refractivity contribution in [1.29, 1.82) is 0 Å². The van der Waals surface area contributed by atoms with Gasteiger partial charge in [0.15, 0.2) is 5.82 Å². The summed E-state index contributed by atoms with van der Waals surface area (Å²) in [5.41, 5.74) is 3.47. The number of benzene rings is 2. The molecule has 2 N–H and O–H groups in total. The van der Waals surface area contributed by atoms with Gasteiger partial charge in [-0.2, -0.15) is 14.5 Å². The first kappa shape index (κ1) is 19.1. The molecule has 2 amide bonds. The Morgan fingerprint density at radius 1 is 1.14 bits per heavy atom. The number of aromatic nitrogens is 4. The van der Waals surface area contributed by atoms with Crippen LogP contribution in [-0.4, -0.2) is 25.2 Å². The number of hydrogen-bond donors (Lipinski definition) is 2. The van der Waals surface area contributed by atoms with Gasteiger partial charge in [-0.3, -0.25) is 5.32 Å². The van der Waals surface area contributed by atoms with Crippen LogP contribution in [0, 0.1) is 6.92 Å². The lowest BCUT2D eigenvalue weighted by Crippen LogP contribution is -2.28. The maximum Gasteiger partial charge on any atom is 0.321 e. The molecule has 0 aliphatic rings. The Morgan fingerprint density at radius 3 is 2.69 bits per heavy atom. The maximum atomic E-state index is 12.2. The third-order valence-corrected chi connectivity index (χ3v) is 5.18. The topological polar surface area (TPSA) is 84.7 Å². The van der Waals surface area contributed by atoms with Crippen molar-refractivity contribution < 1.29 is 4.79 Å². The predicted molar refractivity (Wildman–Crippen MR) is 115 cm³/mol. The van der Waals surface area contributed by atoms with Crippen LogP contribution in [0.15, 0.2) is 60.8 Å². The molecule has 146 valence electrons. The van der Waals surface area contributed by atoms with E-state index < -0.39 is 0 Å². The molecule has 0 atom stereocenters. The first-order chi connectivity index (χ1) is 14.1. The van der Waals surface area contributed by atoms with Gasteiger partial charge in [0.25, 0.3) is 0 Å². The van der Waals surface area contributed by atoms with Gasteiger partial charge in [0.2, 0.25) is 5.13 Å². The van der Waals surface area contributed by atoms with Crippen LogP contribution in [0.4, 0.5) is 9.93 Å². The average molecular weight is 425 g/mol. The Balaban J connectivity index is 1.38. The summed E-state index contributed by atoms with van der Waals surface area (Å²) in [5, 5.41) is 11.0. The van der Waals surface area contributed by atoms with E-state index in [2.05, 4.69) is 25.1 Å². The molecule has 9 heteroatoms. The van der Waals surface area contributed by atoms with E-state index in [4.69, 9.17) is 11.6 Å². The molecular formula is C20H17ClN6OS. The van der Waals surface area contributed by atoms with E-state index in [1.165, 1.54) is 0 Å². The quantitative estimate of drug-likeness (QED) is 0.487. The highest BCUT2D eigenvalue weighted by molar-refractivity contribution is 7.10. The van der Waals surface area contributed by atoms with Crippen LogP contribution in [0.1, 0.15) is 11.3 Å². The lowest BCUT2D eigenvalue weighted by atomic mass is 10.2. The second kappa shape index (κ2) is 8.42. The highest BCUT2D eigenvalue weighted by atomic mass is 35.5. The van der Waals surface area contributed by atoms with E-state index in [0.29, 0.717) is 22.5 Å². The summed E-state index contributed by atoms with van der Waals surface area (Å²) in [6, 6.07) is 16.8. The zero-order chi connectivity index (χ0) is 20.2. The molecule has 0 spiro atoms. The lowest BCUT2D eigenvalue weighted by Gasteiger charge is -2.04.